The summed E-state index contributed by atoms with van der Waals surface area (Å²) < 4.78 is 11.7. The molecule has 2 aromatic carbocycles. The molecule has 0 aliphatic rings. The van der Waals surface area contributed by atoms with Crippen molar-refractivity contribution in [2.24, 2.45) is 0 Å². The van der Waals surface area contributed by atoms with Crippen LogP contribution in [0, 0.1) is 6.92 Å². The number of aryl methyl sites for hydroxylation is 1. The first-order chi connectivity index (χ1) is 12.3. The maximum atomic E-state index is 12.4. The van der Waals surface area contributed by atoms with Gasteiger partial charge < -0.3 is 14.8 Å². The number of anilines is 1. The van der Waals surface area contributed by atoms with Gasteiger partial charge in [0.05, 0.1) is 19.8 Å². The molecular weight excluding hydrogens is 466 g/mol. The topological polar surface area (TPSA) is 64.6 Å². The summed E-state index contributed by atoms with van der Waals surface area (Å²) in [5.41, 5.74) is 2.86. The van der Waals surface area contributed by atoms with Crippen LogP contribution in [0.2, 0.25) is 0 Å². The summed E-state index contributed by atoms with van der Waals surface area (Å²) in [4.78, 5) is 24.0. The first-order valence-electron chi connectivity index (χ1n) is 7.86. The Morgan fingerprint density at radius 3 is 2.31 bits per heavy atom. The lowest BCUT2D eigenvalue weighted by molar-refractivity contribution is -0.116. The van der Waals surface area contributed by atoms with Crippen molar-refractivity contribution >= 4 is 49.4 Å². The number of nitrogens with one attached hydrogen (secondary N) is 1. The first-order valence-corrected chi connectivity index (χ1v) is 9.45. The van der Waals surface area contributed by atoms with Crippen molar-refractivity contribution in [3.05, 3.63) is 56.0 Å². The molecule has 0 fully saturated rings. The van der Waals surface area contributed by atoms with Crippen molar-refractivity contribution in [2.45, 2.75) is 19.8 Å². The van der Waals surface area contributed by atoms with E-state index in [1.807, 2.05) is 19.1 Å². The zero-order chi connectivity index (χ0) is 19.3. The van der Waals surface area contributed by atoms with Crippen LogP contribution >= 0.6 is 31.9 Å². The number of ether oxygens (including phenoxy) is 2. The van der Waals surface area contributed by atoms with Crippen LogP contribution < -0.4 is 10.1 Å². The molecule has 0 aliphatic carbocycles. The molecule has 0 bridgehead atoms. The molecule has 0 spiro atoms. The van der Waals surface area contributed by atoms with Crippen LogP contribution in [0.4, 0.5) is 5.69 Å². The number of methoxy groups -OCH3 is 2. The van der Waals surface area contributed by atoms with Gasteiger partial charge in [-0.2, -0.15) is 0 Å². The summed E-state index contributed by atoms with van der Waals surface area (Å²) in [6.45, 7) is 1.87. The van der Waals surface area contributed by atoms with Crippen LogP contribution in [0.15, 0.2) is 39.3 Å². The third kappa shape index (κ3) is 5.08. The van der Waals surface area contributed by atoms with Crippen molar-refractivity contribution in [3.8, 4) is 5.75 Å². The normalized spacial score (nSPS) is 10.3. The van der Waals surface area contributed by atoms with Gasteiger partial charge in [0.15, 0.2) is 0 Å². The Morgan fingerprint density at radius 1 is 1.08 bits per heavy atom. The van der Waals surface area contributed by atoms with Crippen LogP contribution in [-0.4, -0.2) is 26.1 Å². The van der Waals surface area contributed by atoms with Crippen molar-refractivity contribution in [1.82, 2.24) is 0 Å². The van der Waals surface area contributed by atoms with Crippen LogP contribution in [0.1, 0.15) is 27.9 Å². The number of carbonyl (C=O) groups excluding carboxylic acids is 2. The lowest BCUT2D eigenvalue weighted by Gasteiger charge is -2.12. The highest BCUT2D eigenvalue weighted by atomic mass is 79.9. The minimum atomic E-state index is -0.438. The van der Waals surface area contributed by atoms with E-state index in [9.17, 15) is 9.59 Å². The monoisotopic (exact) mass is 483 g/mol. The Bertz CT molecular complexity index is 813. The molecule has 5 nitrogen and oxygen atoms in total. The maximum absolute atomic E-state index is 12.4. The number of amides is 1. The van der Waals surface area contributed by atoms with Crippen LogP contribution in [-0.2, 0) is 16.0 Å². The second kappa shape index (κ2) is 9.19. The van der Waals surface area contributed by atoms with Gasteiger partial charge in [-0.05, 0) is 48.7 Å². The summed E-state index contributed by atoms with van der Waals surface area (Å²) in [5, 5.41) is 2.86. The summed E-state index contributed by atoms with van der Waals surface area (Å²) in [7, 11) is 2.93. The molecule has 1 amide bonds. The molecule has 2 rings (SSSR count). The van der Waals surface area contributed by atoms with Gasteiger partial charge in [0.2, 0.25) is 5.91 Å². The zero-order valence-corrected chi connectivity index (χ0v) is 17.9. The average Bonchev–Trinajstić information content (AvgIpc) is 2.61. The number of benzene rings is 2. The van der Waals surface area contributed by atoms with Crippen molar-refractivity contribution in [1.29, 1.82) is 0 Å². The van der Waals surface area contributed by atoms with Gasteiger partial charge in [0, 0.05) is 21.1 Å². The molecule has 26 heavy (non-hydrogen) atoms. The Labute approximate surface area is 169 Å². The smallest absolute Gasteiger partial charge is 0.337 e. The van der Waals surface area contributed by atoms with Gasteiger partial charge in [-0.3, -0.25) is 4.79 Å². The van der Waals surface area contributed by atoms with E-state index >= 15 is 0 Å². The number of hydrogen-bond acceptors (Lipinski definition) is 4. The highest BCUT2D eigenvalue weighted by Crippen LogP contribution is 2.31. The fourth-order valence-corrected chi connectivity index (χ4v) is 3.93. The first kappa shape index (κ1) is 20.5. The largest absolute Gasteiger partial charge is 0.497 e. The molecule has 0 atom stereocenters. The SMILES string of the molecule is COC(=O)c1ccc(C)c(NC(=O)CCc2c(Br)cc(OC)cc2Br)c1. The van der Waals surface area contributed by atoms with Crippen LogP contribution in [0.25, 0.3) is 0 Å². The third-order valence-electron chi connectivity index (χ3n) is 3.89. The number of hydrogen-bond donors (Lipinski definition) is 1. The predicted molar refractivity (Wildman–Crippen MR) is 108 cm³/mol. The number of esters is 1. The van der Waals surface area contributed by atoms with Gasteiger partial charge in [0.1, 0.15) is 5.75 Å². The summed E-state index contributed by atoms with van der Waals surface area (Å²) in [6.07, 6.45) is 0.845. The van der Waals surface area contributed by atoms with Gasteiger partial charge in [0.25, 0.3) is 0 Å². The average molecular weight is 485 g/mol. The molecule has 0 saturated carbocycles. The number of carbonyl (C=O) groups is 2. The fraction of sp³-hybridized carbons (Fsp3) is 0.263. The van der Waals surface area contributed by atoms with Gasteiger partial charge >= 0.3 is 5.97 Å². The third-order valence-corrected chi connectivity index (χ3v) is 5.30. The maximum Gasteiger partial charge on any atom is 0.337 e. The van der Waals surface area contributed by atoms with E-state index in [1.54, 1.807) is 25.3 Å². The Morgan fingerprint density at radius 2 is 1.73 bits per heavy atom. The van der Waals surface area contributed by atoms with Gasteiger partial charge in [-0.1, -0.05) is 37.9 Å². The predicted octanol–water partition coefficient (Wildman–Crippen LogP) is 4.89. The van der Waals surface area contributed by atoms with Crippen molar-refractivity contribution < 1.29 is 19.1 Å². The second-order valence-electron chi connectivity index (χ2n) is 5.64. The molecule has 0 aliphatic heterocycles. The molecule has 0 saturated heterocycles. The van der Waals surface area contributed by atoms with Crippen LogP contribution in [0.3, 0.4) is 0 Å². The Balaban J connectivity index is 2.07. The van der Waals surface area contributed by atoms with E-state index in [1.165, 1.54) is 7.11 Å². The summed E-state index contributed by atoms with van der Waals surface area (Å²) >= 11 is 7.02. The fourth-order valence-electron chi connectivity index (χ4n) is 2.39. The molecular formula is C19H19Br2NO4. The molecule has 0 radical (unpaired) electrons. The van der Waals surface area contributed by atoms with E-state index in [2.05, 4.69) is 37.2 Å². The molecule has 2 aromatic rings. The van der Waals surface area contributed by atoms with Crippen molar-refractivity contribution in [3.63, 3.8) is 0 Å². The van der Waals surface area contributed by atoms with Gasteiger partial charge in [-0.25, -0.2) is 4.79 Å². The molecule has 0 heterocycles. The second-order valence-corrected chi connectivity index (χ2v) is 7.35. The van der Waals surface area contributed by atoms with E-state index < -0.39 is 5.97 Å². The molecule has 0 unspecified atom stereocenters. The Kier molecular flexibility index (Phi) is 7.23. The Hall–Kier alpha value is -1.86. The zero-order valence-electron chi connectivity index (χ0n) is 14.7. The van der Waals surface area contributed by atoms with E-state index in [0.29, 0.717) is 24.1 Å². The van der Waals surface area contributed by atoms with E-state index in [4.69, 9.17) is 9.47 Å². The lowest BCUT2D eigenvalue weighted by Crippen LogP contribution is -2.14. The summed E-state index contributed by atoms with van der Waals surface area (Å²) in [5.74, 6) is 0.156. The molecule has 7 heteroatoms. The van der Waals surface area contributed by atoms with Crippen molar-refractivity contribution in [2.75, 3.05) is 19.5 Å². The minimum absolute atomic E-state index is 0.135. The highest BCUT2D eigenvalue weighted by molar-refractivity contribution is 9.11. The number of halogens is 2. The number of rotatable bonds is 6. The summed E-state index contributed by atoms with van der Waals surface area (Å²) in [6, 6.07) is 8.79. The molecule has 0 aromatic heterocycles. The van der Waals surface area contributed by atoms with E-state index in [-0.39, 0.29) is 5.91 Å². The van der Waals surface area contributed by atoms with Gasteiger partial charge in [-0.15, -0.1) is 0 Å². The quantitative estimate of drug-likeness (QED) is 0.593. The standard InChI is InChI=1S/C19H19Br2NO4/c1-11-4-5-12(19(24)26-3)8-17(11)22-18(23)7-6-14-15(20)9-13(25-2)10-16(14)21/h4-5,8-10H,6-7H2,1-3H3,(H,22,23). The molecule has 1 N–H and O–H groups in total. The van der Waals surface area contributed by atoms with E-state index in [0.717, 1.165) is 25.8 Å². The minimum Gasteiger partial charge on any atom is -0.497 e. The molecule has 138 valence electrons. The van der Waals surface area contributed by atoms with Crippen LogP contribution in [0.5, 0.6) is 5.75 Å². The highest BCUT2D eigenvalue weighted by Gasteiger charge is 2.13. The lowest BCUT2D eigenvalue weighted by atomic mass is 10.1.